The quantitative estimate of drug-likeness (QED) is 0.804. The minimum absolute atomic E-state index is 0.0947. The van der Waals surface area contributed by atoms with E-state index < -0.39 is 11.8 Å². The fourth-order valence-corrected chi connectivity index (χ4v) is 1.75. The van der Waals surface area contributed by atoms with Crippen LogP contribution in [-0.2, 0) is 11.3 Å². The van der Waals surface area contributed by atoms with E-state index in [0.29, 0.717) is 16.3 Å². The second-order valence-corrected chi connectivity index (χ2v) is 4.48. The SMILES string of the molecule is COC(=O)c1ccc(COc2ccc(Cl)cc2)cc1F. The Bertz CT molecular complexity index is 611. The van der Waals surface area contributed by atoms with Crippen LogP contribution in [0.15, 0.2) is 42.5 Å². The maximum absolute atomic E-state index is 13.7. The number of ether oxygens (including phenoxy) is 2. The molecule has 0 N–H and O–H groups in total. The van der Waals surface area contributed by atoms with Crippen molar-refractivity contribution in [1.82, 2.24) is 0 Å². The maximum atomic E-state index is 13.7. The van der Waals surface area contributed by atoms with Crippen molar-refractivity contribution in [3.05, 3.63) is 64.4 Å². The Kier molecular flexibility index (Phi) is 4.58. The summed E-state index contributed by atoms with van der Waals surface area (Å²) in [4.78, 5) is 11.3. The van der Waals surface area contributed by atoms with Crippen molar-refractivity contribution >= 4 is 17.6 Å². The Labute approximate surface area is 120 Å². The van der Waals surface area contributed by atoms with Gasteiger partial charge in [0.2, 0.25) is 0 Å². The Hall–Kier alpha value is -2.07. The second-order valence-electron chi connectivity index (χ2n) is 4.05. The van der Waals surface area contributed by atoms with Crippen LogP contribution in [0.2, 0.25) is 5.02 Å². The fourth-order valence-electron chi connectivity index (χ4n) is 1.62. The number of hydrogen-bond donors (Lipinski definition) is 0. The van der Waals surface area contributed by atoms with Crippen LogP contribution < -0.4 is 4.74 Å². The molecule has 0 saturated carbocycles. The highest BCUT2D eigenvalue weighted by molar-refractivity contribution is 6.30. The van der Waals surface area contributed by atoms with Crippen LogP contribution in [0.5, 0.6) is 5.75 Å². The summed E-state index contributed by atoms with van der Waals surface area (Å²) in [6, 6.07) is 11.1. The minimum Gasteiger partial charge on any atom is -0.489 e. The third-order valence-electron chi connectivity index (χ3n) is 2.66. The predicted octanol–water partition coefficient (Wildman–Crippen LogP) is 3.84. The molecule has 5 heteroatoms. The zero-order valence-corrected chi connectivity index (χ0v) is 11.5. The van der Waals surface area contributed by atoms with E-state index in [-0.39, 0.29) is 12.2 Å². The summed E-state index contributed by atoms with van der Waals surface area (Å²) >= 11 is 5.76. The first-order valence-corrected chi connectivity index (χ1v) is 6.23. The molecule has 0 amide bonds. The molecular formula is C15H12ClFO3. The average Bonchev–Trinajstić information content (AvgIpc) is 2.46. The van der Waals surface area contributed by atoms with Gasteiger partial charge in [-0.15, -0.1) is 0 Å². The van der Waals surface area contributed by atoms with Crippen molar-refractivity contribution < 1.29 is 18.7 Å². The van der Waals surface area contributed by atoms with Gasteiger partial charge in [0.15, 0.2) is 0 Å². The first-order chi connectivity index (χ1) is 9.60. The highest BCUT2D eigenvalue weighted by Crippen LogP contribution is 2.18. The van der Waals surface area contributed by atoms with Crippen molar-refractivity contribution in [3.8, 4) is 5.75 Å². The third-order valence-corrected chi connectivity index (χ3v) is 2.91. The molecule has 2 aromatic carbocycles. The number of benzene rings is 2. The summed E-state index contributed by atoms with van der Waals surface area (Å²) < 4.78 is 23.7. The Morgan fingerprint density at radius 1 is 1.20 bits per heavy atom. The topological polar surface area (TPSA) is 35.5 Å². The summed E-state index contributed by atoms with van der Waals surface area (Å²) in [6.45, 7) is 0.194. The van der Waals surface area contributed by atoms with Crippen molar-refractivity contribution in [1.29, 1.82) is 0 Å². The summed E-state index contributed by atoms with van der Waals surface area (Å²) in [6.07, 6.45) is 0. The zero-order chi connectivity index (χ0) is 14.5. The maximum Gasteiger partial charge on any atom is 0.340 e. The van der Waals surface area contributed by atoms with E-state index in [4.69, 9.17) is 16.3 Å². The van der Waals surface area contributed by atoms with Gasteiger partial charge in [-0.25, -0.2) is 9.18 Å². The van der Waals surface area contributed by atoms with E-state index in [0.717, 1.165) is 0 Å². The average molecular weight is 295 g/mol. The van der Waals surface area contributed by atoms with Crippen LogP contribution in [0.4, 0.5) is 4.39 Å². The molecule has 104 valence electrons. The van der Waals surface area contributed by atoms with Crippen molar-refractivity contribution in [2.24, 2.45) is 0 Å². The van der Waals surface area contributed by atoms with Crippen LogP contribution >= 0.6 is 11.6 Å². The zero-order valence-electron chi connectivity index (χ0n) is 10.7. The Balaban J connectivity index is 2.05. The molecule has 0 aliphatic carbocycles. The van der Waals surface area contributed by atoms with Crippen LogP contribution in [0.1, 0.15) is 15.9 Å². The predicted molar refractivity (Wildman–Crippen MR) is 73.5 cm³/mol. The molecule has 0 aliphatic heterocycles. The molecule has 0 bridgehead atoms. The number of esters is 1. The van der Waals surface area contributed by atoms with Crippen molar-refractivity contribution in [3.63, 3.8) is 0 Å². The summed E-state index contributed by atoms with van der Waals surface area (Å²) in [5.74, 6) is -0.700. The molecule has 0 spiro atoms. The monoisotopic (exact) mass is 294 g/mol. The molecule has 2 rings (SSSR count). The van der Waals surface area contributed by atoms with Gasteiger partial charge in [-0.1, -0.05) is 17.7 Å². The number of methoxy groups -OCH3 is 1. The van der Waals surface area contributed by atoms with Gasteiger partial charge in [-0.3, -0.25) is 0 Å². The molecule has 0 saturated heterocycles. The van der Waals surface area contributed by atoms with Gasteiger partial charge in [-0.05, 0) is 42.0 Å². The number of carbonyl (C=O) groups excluding carboxylic acids is 1. The molecule has 0 unspecified atom stereocenters. The molecule has 0 radical (unpaired) electrons. The highest BCUT2D eigenvalue weighted by atomic mass is 35.5. The molecular weight excluding hydrogens is 283 g/mol. The lowest BCUT2D eigenvalue weighted by Gasteiger charge is -2.07. The van der Waals surface area contributed by atoms with Crippen LogP contribution in [0.25, 0.3) is 0 Å². The summed E-state index contributed by atoms with van der Waals surface area (Å²) in [5, 5.41) is 0.617. The van der Waals surface area contributed by atoms with E-state index >= 15 is 0 Å². The molecule has 0 aromatic heterocycles. The normalized spacial score (nSPS) is 10.2. The lowest BCUT2D eigenvalue weighted by Crippen LogP contribution is -2.05. The largest absolute Gasteiger partial charge is 0.489 e. The molecule has 2 aromatic rings. The smallest absolute Gasteiger partial charge is 0.340 e. The first-order valence-electron chi connectivity index (χ1n) is 5.85. The molecule has 20 heavy (non-hydrogen) atoms. The van der Waals surface area contributed by atoms with Gasteiger partial charge in [-0.2, -0.15) is 0 Å². The van der Waals surface area contributed by atoms with Gasteiger partial charge in [0.1, 0.15) is 18.2 Å². The number of hydrogen-bond acceptors (Lipinski definition) is 3. The van der Waals surface area contributed by atoms with Crippen molar-refractivity contribution in [2.75, 3.05) is 7.11 Å². The highest BCUT2D eigenvalue weighted by Gasteiger charge is 2.12. The first kappa shape index (κ1) is 14.3. The van der Waals surface area contributed by atoms with Gasteiger partial charge >= 0.3 is 5.97 Å². The van der Waals surface area contributed by atoms with E-state index in [9.17, 15) is 9.18 Å². The standard InChI is InChI=1S/C15H12ClFO3/c1-19-15(18)13-7-2-10(8-14(13)17)9-20-12-5-3-11(16)4-6-12/h2-8H,9H2,1H3. The van der Waals surface area contributed by atoms with Crippen LogP contribution in [0, 0.1) is 5.82 Å². The number of carbonyl (C=O) groups is 1. The lowest BCUT2D eigenvalue weighted by atomic mass is 10.1. The second kappa shape index (κ2) is 6.39. The molecule has 3 nitrogen and oxygen atoms in total. The van der Waals surface area contributed by atoms with Crippen LogP contribution in [0.3, 0.4) is 0 Å². The third kappa shape index (κ3) is 3.48. The molecule has 0 fully saturated rings. The minimum atomic E-state index is -0.701. The molecule has 0 atom stereocenters. The summed E-state index contributed by atoms with van der Waals surface area (Å²) in [7, 11) is 1.21. The fraction of sp³-hybridized carbons (Fsp3) is 0.133. The lowest BCUT2D eigenvalue weighted by molar-refractivity contribution is 0.0595. The van der Waals surface area contributed by atoms with Gasteiger partial charge in [0, 0.05) is 5.02 Å². The Morgan fingerprint density at radius 2 is 1.90 bits per heavy atom. The molecule has 0 heterocycles. The van der Waals surface area contributed by atoms with E-state index in [1.54, 1.807) is 30.3 Å². The molecule has 0 aliphatic rings. The number of halogens is 2. The van der Waals surface area contributed by atoms with E-state index in [1.165, 1.54) is 19.2 Å². The van der Waals surface area contributed by atoms with Gasteiger partial charge in [0.25, 0.3) is 0 Å². The van der Waals surface area contributed by atoms with Gasteiger partial charge < -0.3 is 9.47 Å². The van der Waals surface area contributed by atoms with E-state index in [1.807, 2.05) is 0 Å². The summed E-state index contributed by atoms with van der Waals surface area (Å²) in [5.41, 5.74) is 0.521. The van der Waals surface area contributed by atoms with E-state index in [2.05, 4.69) is 4.74 Å². The Morgan fingerprint density at radius 3 is 2.50 bits per heavy atom. The van der Waals surface area contributed by atoms with Gasteiger partial charge in [0.05, 0.1) is 12.7 Å². The number of rotatable bonds is 4. The van der Waals surface area contributed by atoms with Crippen molar-refractivity contribution in [2.45, 2.75) is 6.61 Å². The van der Waals surface area contributed by atoms with Crippen LogP contribution in [-0.4, -0.2) is 13.1 Å².